The summed E-state index contributed by atoms with van der Waals surface area (Å²) in [4.78, 5) is 25.6. The molecule has 65 heavy (non-hydrogen) atoms. The molecule has 0 spiro atoms. The number of halogens is 1. The summed E-state index contributed by atoms with van der Waals surface area (Å²) in [5, 5.41) is 4.11. The van der Waals surface area contributed by atoms with Crippen molar-refractivity contribution in [1.82, 2.24) is 19.9 Å². The number of nitrogens with two attached hydrogens (primary N) is 1. The maximum Gasteiger partial charge on any atom is 0.138 e. The van der Waals surface area contributed by atoms with E-state index in [9.17, 15) is 0 Å². The highest BCUT2D eigenvalue weighted by molar-refractivity contribution is 14.1. The molecule has 0 saturated carbocycles. The van der Waals surface area contributed by atoms with E-state index in [1.165, 1.54) is 22.3 Å². The molecular formula is C57H48IN7. The van der Waals surface area contributed by atoms with Crippen LogP contribution in [0.25, 0.3) is 54.7 Å². The Kier molecular flexibility index (Phi) is 10.7. The van der Waals surface area contributed by atoms with E-state index in [1.807, 2.05) is 31.5 Å². The highest BCUT2D eigenvalue weighted by Gasteiger charge is 2.38. The van der Waals surface area contributed by atoms with Crippen molar-refractivity contribution in [2.45, 2.75) is 45.4 Å². The van der Waals surface area contributed by atoms with Crippen LogP contribution in [0.5, 0.6) is 0 Å². The lowest BCUT2D eigenvalue weighted by atomic mass is 9.73. The molecule has 0 fully saturated rings. The number of pyridine rings is 4. The zero-order valence-corrected chi connectivity index (χ0v) is 39.2. The van der Waals surface area contributed by atoms with Gasteiger partial charge in [-0.15, -0.1) is 6.58 Å². The number of fused-ring (bicyclic) bond motifs is 10. The van der Waals surface area contributed by atoms with E-state index in [2.05, 4.69) is 194 Å². The van der Waals surface area contributed by atoms with Gasteiger partial charge in [0.05, 0.1) is 44.8 Å². The Morgan fingerprint density at radius 3 is 1.34 bits per heavy atom. The van der Waals surface area contributed by atoms with Crippen LogP contribution in [0.3, 0.4) is 0 Å². The van der Waals surface area contributed by atoms with Gasteiger partial charge in [-0.2, -0.15) is 0 Å². The van der Waals surface area contributed by atoms with E-state index in [-0.39, 0.29) is 10.8 Å². The van der Waals surface area contributed by atoms with Crippen molar-refractivity contribution in [2.24, 2.45) is 3.95 Å². The van der Waals surface area contributed by atoms with Crippen LogP contribution in [0.15, 0.2) is 183 Å². The number of aromatic nitrogens is 4. The van der Waals surface area contributed by atoms with E-state index in [0.717, 1.165) is 89.1 Å². The number of allylic oxidation sites excluding steroid dienone is 1. The average Bonchev–Trinajstić information content (AvgIpc) is 3.35. The van der Waals surface area contributed by atoms with Gasteiger partial charge in [-0.3, -0.25) is 23.7 Å². The molecule has 0 atom stereocenters. The molecule has 2 aliphatic rings. The molecule has 10 aromatic rings. The second-order valence-corrected chi connectivity index (χ2v) is 17.5. The third-order valence-electron chi connectivity index (χ3n) is 13.1. The van der Waals surface area contributed by atoms with Crippen LogP contribution in [-0.4, -0.2) is 19.9 Å². The predicted octanol–water partition coefficient (Wildman–Crippen LogP) is 15.3. The fourth-order valence-electron chi connectivity index (χ4n) is 10.1. The Balaban J connectivity index is 0.000000959. The molecule has 2 N–H and O–H groups in total. The molecule has 318 valence electrons. The third kappa shape index (κ3) is 6.65. The summed E-state index contributed by atoms with van der Waals surface area (Å²) >= 11 is 1.65. The van der Waals surface area contributed by atoms with E-state index >= 15 is 0 Å². The van der Waals surface area contributed by atoms with E-state index < -0.39 is 0 Å². The summed E-state index contributed by atoms with van der Waals surface area (Å²) in [6.07, 6.45) is 5.49. The van der Waals surface area contributed by atoms with Gasteiger partial charge in [0.25, 0.3) is 0 Å². The molecule has 4 aromatic heterocycles. The minimum Gasteiger partial charge on any atom is -0.294 e. The molecule has 0 amide bonds. The first kappa shape index (κ1) is 42.0. The molecule has 0 aliphatic carbocycles. The minimum absolute atomic E-state index is 0.156. The number of nitrogens with zero attached hydrogens (tertiary/aromatic N) is 6. The molecule has 7 nitrogen and oxygen atoms in total. The van der Waals surface area contributed by atoms with Gasteiger partial charge >= 0.3 is 0 Å². The fraction of sp³-hybridized carbons (Fsp3) is 0.123. The minimum atomic E-state index is -0.164. The van der Waals surface area contributed by atoms with Crippen LogP contribution in [0.4, 0.5) is 34.4 Å². The van der Waals surface area contributed by atoms with Gasteiger partial charge in [-0.1, -0.05) is 119 Å². The standard InChI is InChI=1S/C54H40N6.C3H6.H2IN/c1-53(2)39-17-5-9-21-43(39)59(44-22-10-6-18-40(44)53)47-27-25-34-32-37(35-16-14-30-56-51(35)50(34)57-47)38-31-33-15-13-29-55-49(33)52-36(38)26-28-48(58-52)60-45-23-11-7-19-41(45)54(3,4)42-20-8-12-24-46(42)60;1-3-2;1-2/h5-32H,1-4H3;3H,1H2,2H3;2H2. The second-order valence-electron chi connectivity index (χ2n) is 17.5. The Morgan fingerprint density at radius 2 is 0.846 bits per heavy atom. The molecule has 6 aromatic carbocycles. The maximum atomic E-state index is 5.54. The summed E-state index contributed by atoms with van der Waals surface area (Å²) in [6, 6.07) is 56.5. The van der Waals surface area contributed by atoms with Gasteiger partial charge in [-0.05, 0) is 113 Å². The van der Waals surface area contributed by atoms with Crippen LogP contribution in [0.1, 0.15) is 56.9 Å². The molecule has 0 radical (unpaired) electrons. The first-order valence-corrected chi connectivity index (χ1v) is 23.1. The highest BCUT2D eigenvalue weighted by atomic mass is 127. The Morgan fingerprint density at radius 1 is 0.462 bits per heavy atom. The molecule has 6 heterocycles. The van der Waals surface area contributed by atoms with E-state index in [0.29, 0.717) is 0 Å². The molecule has 8 heteroatoms. The second kappa shape index (κ2) is 16.5. The van der Waals surface area contributed by atoms with Crippen molar-refractivity contribution in [3.63, 3.8) is 0 Å². The summed E-state index contributed by atoms with van der Waals surface area (Å²) in [5.41, 5.74) is 14.9. The summed E-state index contributed by atoms with van der Waals surface area (Å²) in [6.45, 7) is 14.5. The van der Waals surface area contributed by atoms with Crippen molar-refractivity contribution in [3.8, 4) is 11.1 Å². The fourth-order valence-corrected chi connectivity index (χ4v) is 10.1. The zero-order chi connectivity index (χ0) is 45.0. The predicted molar refractivity (Wildman–Crippen MR) is 281 cm³/mol. The monoisotopic (exact) mass is 957 g/mol. The van der Waals surface area contributed by atoms with E-state index in [4.69, 9.17) is 19.9 Å². The number of anilines is 6. The molecular weight excluding hydrogens is 910 g/mol. The van der Waals surface area contributed by atoms with Crippen molar-refractivity contribution in [3.05, 3.63) is 205 Å². The third-order valence-corrected chi connectivity index (χ3v) is 13.1. The zero-order valence-electron chi connectivity index (χ0n) is 37.1. The molecule has 0 saturated heterocycles. The molecule has 0 bridgehead atoms. The van der Waals surface area contributed by atoms with Gasteiger partial charge in [0, 0.05) is 67.6 Å². The van der Waals surface area contributed by atoms with Crippen LogP contribution in [-0.2, 0) is 10.8 Å². The number of benzene rings is 6. The largest absolute Gasteiger partial charge is 0.294 e. The first-order chi connectivity index (χ1) is 31.7. The van der Waals surface area contributed by atoms with Crippen LogP contribution in [0.2, 0.25) is 0 Å². The summed E-state index contributed by atoms with van der Waals surface area (Å²) in [7, 11) is 0. The van der Waals surface area contributed by atoms with E-state index in [1.54, 1.807) is 28.9 Å². The van der Waals surface area contributed by atoms with Crippen LogP contribution < -0.4 is 13.7 Å². The van der Waals surface area contributed by atoms with Gasteiger partial charge in [-0.25, -0.2) is 9.97 Å². The number of rotatable bonds is 3. The van der Waals surface area contributed by atoms with Crippen molar-refractivity contribution in [1.29, 1.82) is 0 Å². The summed E-state index contributed by atoms with van der Waals surface area (Å²) < 4.78 is 4.47. The Hall–Kier alpha value is -7.01. The maximum absolute atomic E-state index is 5.54. The van der Waals surface area contributed by atoms with Crippen molar-refractivity contribution in [2.75, 3.05) is 9.80 Å². The van der Waals surface area contributed by atoms with Gasteiger partial charge in [0.1, 0.15) is 11.6 Å². The average molecular weight is 958 g/mol. The lowest BCUT2D eigenvalue weighted by molar-refractivity contribution is 0.631. The Bertz CT molecular complexity index is 3390. The molecule has 0 unspecified atom stereocenters. The van der Waals surface area contributed by atoms with Gasteiger partial charge in [0.2, 0.25) is 0 Å². The number of hydrogen-bond donors (Lipinski definition) is 1. The topological polar surface area (TPSA) is 84.1 Å². The SMILES string of the molecule is C=CC.CC1(C)c2ccccc2N(c2ccc3cc(-c4cc5cccnc5c5nc(N6c7ccccc7C(C)(C)c7ccccc76)ccc45)c4cccnc4c3n2)c2ccccc21.NI. The first-order valence-electron chi connectivity index (χ1n) is 21.8. The lowest BCUT2D eigenvalue weighted by Gasteiger charge is -2.41. The normalized spacial score (nSPS) is 14.0. The van der Waals surface area contributed by atoms with Crippen molar-refractivity contribution >= 4 is 101 Å². The summed E-state index contributed by atoms with van der Waals surface area (Å²) in [5.74, 6) is 1.72. The van der Waals surface area contributed by atoms with Crippen LogP contribution in [0, 0.1) is 0 Å². The Labute approximate surface area is 393 Å². The molecule has 2 aliphatic heterocycles. The smallest absolute Gasteiger partial charge is 0.138 e. The van der Waals surface area contributed by atoms with Crippen LogP contribution >= 0.6 is 22.9 Å². The lowest BCUT2D eigenvalue weighted by Crippen LogP contribution is -2.30. The number of hydrogen-bond acceptors (Lipinski definition) is 7. The van der Waals surface area contributed by atoms with Gasteiger partial charge < -0.3 is 0 Å². The number of para-hydroxylation sites is 4. The van der Waals surface area contributed by atoms with Gasteiger partial charge in [0.15, 0.2) is 0 Å². The highest BCUT2D eigenvalue weighted by Crippen LogP contribution is 2.53. The molecule has 12 rings (SSSR count). The van der Waals surface area contributed by atoms with Crippen molar-refractivity contribution < 1.29 is 0 Å². The quantitative estimate of drug-likeness (QED) is 0.0817.